The van der Waals surface area contributed by atoms with Crippen LogP contribution in [-0.2, 0) is 30.2 Å². The summed E-state index contributed by atoms with van der Waals surface area (Å²) in [5, 5.41) is 17.0. The molecule has 0 aliphatic carbocycles. The van der Waals surface area contributed by atoms with Crippen LogP contribution < -0.4 is 15.5 Å². The Bertz CT molecular complexity index is 1040. The number of benzene rings is 1. The number of alkyl carbamates (subject to hydrolysis) is 1. The van der Waals surface area contributed by atoms with Gasteiger partial charge in [-0.3, -0.25) is 9.59 Å². The zero-order valence-electron chi connectivity index (χ0n) is 27.5. The van der Waals surface area contributed by atoms with Crippen LogP contribution in [0.5, 0.6) is 0 Å². The van der Waals surface area contributed by atoms with Gasteiger partial charge in [0.2, 0.25) is 11.8 Å². The van der Waals surface area contributed by atoms with E-state index in [-0.39, 0.29) is 30.8 Å². The van der Waals surface area contributed by atoms with Crippen LogP contribution in [0, 0.1) is 11.3 Å². The highest BCUT2D eigenvalue weighted by Crippen LogP contribution is 2.34. The number of hydrogen-bond acceptors (Lipinski definition) is 7. The van der Waals surface area contributed by atoms with Gasteiger partial charge in [-0.25, -0.2) is 4.79 Å². The summed E-state index contributed by atoms with van der Waals surface area (Å²) in [6, 6.07) is 7.12. The van der Waals surface area contributed by atoms with Crippen molar-refractivity contribution in [2.24, 2.45) is 11.3 Å². The lowest BCUT2D eigenvalue weighted by Gasteiger charge is -2.38. The van der Waals surface area contributed by atoms with Gasteiger partial charge in [-0.15, -0.1) is 0 Å². The van der Waals surface area contributed by atoms with Crippen molar-refractivity contribution in [2.45, 2.75) is 111 Å². The average molecular weight is 606 g/mol. The SMILES string of the molecule is CCCCNC(=O)[C@H](C)C[C@H](O)[C@H](CC(C)(C)CC(=O)N1CC(OCCOC)Cc2ccccc21)NC(=O)OC(C)(C)C. The number of carbonyl (C=O) groups excluding carboxylic acids is 3. The first-order chi connectivity index (χ1) is 20.2. The minimum Gasteiger partial charge on any atom is -0.444 e. The molecule has 10 nitrogen and oxygen atoms in total. The summed E-state index contributed by atoms with van der Waals surface area (Å²) in [6.07, 6.45) is 1.37. The van der Waals surface area contributed by atoms with E-state index in [2.05, 4.69) is 17.6 Å². The number of ether oxygens (including phenoxy) is 3. The Hall–Kier alpha value is -2.69. The second kappa shape index (κ2) is 17.0. The van der Waals surface area contributed by atoms with Crippen LogP contribution in [0.2, 0.25) is 0 Å². The fourth-order valence-electron chi connectivity index (χ4n) is 5.32. The molecule has 4 atom stereocenters. The topological polar surface area (TPSA) is 126 Å². The number of aliphatic hydroxyl groups is 1. The summed E-state index contributed by atoms with van der Waals surface area (Å²) in [7, 11) is 1.63. The molecule has 0 bridgehead atoms. The third kappa shape index (κ3) is 12.8. The molecule has 0 fully saturated rings. The van der Waals surface area contributed by atoms with Crippen LogP contribution in [-0.4, -0.2) is 80.3 Å². The molecule has 0 aromatic heterocycles. The smallest absolute Gasteiger partial charge is 0.407 e. The van der Waals surface area contributed by atoms with Crippen LogP contribution in [0.15, 0.2) is 24.3 Å². The van der Waals surface area contributed by atoms with Crippen molar-refractivity contribution in [3.05, 3.63) is 29.8 Å². The van der Waals surface area contributed by atoms with Crippen molar-refractivity contribution >= 4 is 23.6 Å². The molecule has 0 spiro atoms. The molecule has 244 valence electrons. The molecule has 0 saturated heterocycles. The number of hydrogen-bond donors (Lipinski definition) is 3. The van der Waals surface area contributed by atoms with Gasteiger partial charge in [0, 0.05) is 38.1 Å². The predicted octanol–water partition coefficient (Wildman–Crippen LogP) is 4.61. The van der Waals surface area contributed by atoms with Gasteiger partial charge in [0.25, 0.3) is 0 Å². The van der Waals surface area contributed by atoms with Crippen molar-refractivity contribution in [1.82, 2.24) is 10.6 Å². The number of methoxy groups -OCH3 is 1. The fourth-order valence-corrected chi connectivity index (χ4v) is 5.32. The van der Waals surface area contributed by atoms with Gasteiger partial charge in [-0.1, -0.05) is 52.3 Å². The van der Waals surface area contributed by atoms with Crippen LogP contribution >= 0.6 is 0 Å². The van der Waals surface area contributed by atoms with Crippen LogP contribution in [0.4, 0.5) is 10.5 Å². The molecule has 0 radical (unpaired) electrons. The minimum absolute atomic E-state index is 0.0633. The summed E-state index contributed by atoms with van der Waals surface area (Å²) in [4.78, 5) is 41.0. The highest BCUT2D eigenvalue weighted by Gasteiger charge is 2.36. The third-order valence-electron chi connectivity index (χ3n) is 7.50. The molecule has 0 saturated carbocycles. The molecule has 2 rings (SSSR count). The molecule has 1 aromatic carbocycles. The Morgan fingerprint density at radius 3 is 2.47 bits per heavy atom. The number of amides is 3. The summed E-state index contributed by atoms with van der Waals surface area (Å²) in [5.74, 6) is -0.657. The van der Waals surface area contributed by atoms with Crippen molar-refractivity contribution in [2.75, 3.05) is 38.3 Å². The minimum atomic E-state index is -1.02. The second-order valence-corrected chi connectivity index (χ2v) is 13.5. The van der Waals surface area contributed by atoms with E-state index in [1.807, 2.05) is 38.1 Å². The Morgan fingerprint density at radius 1 is 1.12 bits per heavy atom. The molecule has 1 aromatic rings. The zero-order chi connectivity index (χ0) is 32.2. The number of rotatable bonds is 16. The molecule has 10 heteroatoms. The van der Waals surface area contributed by atoms with E-state index in [9.17, 15) is 19.5 Å². The molecular weight excluding hydrogens is 550 g/mol. The first kappa shape index (κ1) is 36.5. The maximum absolute atomic E-state index is 13.8. The van der Waals surface area contributed by atoms with Gasteiger partial charge in [0.15, 0.2) is 0 Å². The third-order valence-corrected chi connectivity index (χ3v) is 7.50. The largest absolute Gasteiger partial charge is 0.444 e. The lowest BCUT2D eigenvalue weighted by molar-refractivity contribution is -0.125. The number of anilines is 1. The van der Waals surface area contributed by atoms with Crippen molar-refractivity contribution < 1.29 is 33.7 Å². The van der Waals surface area contributed by atoms with Crippen molar-refractivity contribution in [3.8, 4) is 0 Å². The molecule has 3 N–H and O–H groups in total. The quantitative estimate of drug-likeness (QED) is 0.235. The molecule has 43 heavy (non-hydrogen) atoms. The Balaban J connectivity index is 2.18. The highest BCUT2D eigenvalue weighted by atomic mass is 16.6. The van der Waals surface area contributed by atoms with Crippen LogP contribution in [0.1, 0.15) is 86.1 Å². The summed E-state index contributed by atoms with van der Waals surface area (Å²) >= 11 is 0. The standard InChI is InChI=1S/C33H55N3O7/c1-9-10-15-34-30(39)23(2)18-28(37)26(35-31(40)43-32(3,4)5)20-33(6,7)21-29(38)36-22-25(42-17-16-41-8)19-24-13-11-12-14-27(24)36/h11-14,23,25-26,28,37H,9-10,15-22H2,1-8H3,(H,34,39)(H,35,40)/t23-,25?,26+,28+/m1/s1. The van der Waals surface area contributed by atoms with E-state index in [1.165, 1.54) is 0 Å². The summed E-state index contributed by atoms with van der Waals surface area (Å²) in [5.41, 5.74) is 0.596. The number of aliphatic hydroxyl groups excluding tert-OH is 1. The van der Waals surface area contributed by atoms with E-state index in [1.54, 1.807) is 39.7 Å². The van der Waals surface area contributed by atoms with E-state index in [0.717, 1.165) is 24.1 Å². The van der Waals surface area contributed by atoms with E-state index in [4.69, 9.17) is 14.2 Å². The molecule has 1 aliphatic rings. The van der Waals surface area contributed by atoms with Gasteiger partial charge < -0.3 is 34.9 Å². The van der Waals surface area contributed by atoms with Crippen molar-refractivity contribution in [3.63, 3.8) is 0 Å². The van der Waals surface area contributed by atoms with E-state index < -0.39 is 35.2 Å². The molecule has 3 amide bonds. The van der Waals surface area contributed by atoms with Crippen molar-refractivity contribution in [1.29, 1.82) is 0 Å². The van der Waals surface area contributed by atoms with E-state index >= 15 is 0 Å². The number of nitrogens with zero attached hydrogens (tertiary/aromatic N) is 1. The van der Waals surface area contributed by atoms with Gasteiger partial charge in [-0.2, -0.15) is 0 Å². The number of unbranched alkanes of at least 4 members (excludes halogenated alkanes) is 1. The number of fused-ring (bicyclic) bond motifs is 1. The molecule has 1 unspecified atom stereocenters. The first-order valence-corrected chi connectivity index (χ1v) is 15.6. The average Bonchev–Trinajstić information content (AvgIpc) is 2.90. The maximum atomic E-state index is 13.8. The van der Waals surface area contributed by atoms with Crippen LogP contribution in [0.25, 0.3) is 0 Å². The van der Waals surface area contributed by atoms with Gasteiger partial charge in [0.1, 0.15) is 5.60 Å². The molecule has 1 aliphatic heterocycles. The van der Waals surface area contributed by atoms with Crippen LogP contribution in [0.3, 0.4) is 0 Å². The lowest BCUT2D eigenvalue weighted by atomic mass is 9.79. The summed E-state index contributed by atoms with van der Waals surface area (Å²) in [6.45, 7) is 15.0. The Morgan fingerprint density at radius 2 is 1.81 bits per heavy atom. The van der Waals surface area contributed by atoms with Gasteiger partial charge in [-0.05, 0) is 57.1 Å². The Labute approximate surface area is 258 Å². The maximum Gasteiger partial charge on any atom is 0.407 e. The molecular formula is C33H55N3O7. The van der Waals surface area contributed by atoms with E-state index in [0.29, 0.717) is 39.1 Å². The number of para-hydroxylation sites is 1. The number of nitrogens with one attached hydrogen (secondary N) is 2. The normalized spacial score (nSPS) is 17.4. The van der Waals surface area contributed by atoms with Gasteiger partial charge >= 0.3 is 6.09 Å². The second-order valence-electron chi connectivity index (χ2n) is 13.5. The predicted molar refractivity (Wildman–Crippen MR) is 168 cm³/mol. The number of carbonyl (C=O) groups is 3. The monoisotopic (exact) mass is 605 g/mol. The lowest BCUT2D eigenvalue weighted by Crippen LogP contribution is -2.49. The fraction of sp³-hybridized carbons (Fsp3) is 0.727. The Kier molecular flexibility index (Phi) is 14.4. The zero-order valence-corrected chi connectivity index (χ0v) is 27.5. The van der Waals surface area contributed by atoms with Gasteiger partial charge in [0.05, 0.1) is 38.0 Å². The summed E-state index contributed by atoms with van der Waals surface area (Å²) < 4.78 is 16.6. The first-order valence-electron chi connectivity index (χ1n) is 15.6. The highest BCUT2D eigenvalue weighted by molar-refractivity contribution is 5.95. The molecule has 1 heterocycles.